The Kier molecular flexibility index (Phi) is 4.13. The Morgan fingerprint density at radius 2 is 2.14 bits per heavy atom. The molecule has 4 aliphatic rings. The van der Waals surface area contributed by atoms with Gasteiger partial charge in [0.05, 0.1) is 30.2 Å². The summed E-state index contributed by atoms with van der Waals surface area (Å²) in [5, 5.41) is 10.3. The van der Waals surface area contributed by atoms with Gasteiger partial charge >= 0.3 is 0 Å². The van der Waals surface area contributed by atoms with E-state index < -0.39 is 0 Å². The van der Waals surface area contributed by atoms with Crippen molar-refractivity contribution in [3.63, 3.8) is 0 Å². The highest BCUT2D eigenvalue weighted by Gasteiger charge is 2.54. The number of rotatable bonds is 5. The van der Waals surface area contributed by atoms with Crippen LogP contribution in [-0.4, -0.2) is 40.6 Å². The number of nitrogens with one attached hydrogen (secondary N) is 1. The van der Waals surface area contributed by atoms with Crippen molar-refractivity contribution in [1.29, 1.82) is 5.26 Å². The summed E-state index contributed by atoms with van der Waals surface area (Å²) < 4.78 is 19.9. The molecule has 2 saturated carbocycles. The van der Waals surface area contributed by atoms with Crippen LogP contribution in [0.1, 0.15) is 56.9 Å². The number of nitrogens with zero attached hydrogens (tertiary/aromatic N) is 3. The molecule has 1 N–H and O–H groups in total. The van der Waals surface area contributed by atoms with Crippen molar-refractivity contribution in [2.75, 3.05) is 13.7 Å². The van der Waals surface area contributed by atoms with Crippen LogP contribution in [0.2, 0.25) is 0 Å². The predicted molar refractivity (Wildman–Crippen MR) is 105 cm³/mol. The highest BCUT2D eigenvalue weighted by Crippen LogP contribution is 2.55. The van der Waals surface area contributed by atoms with E-state index in [9.17, 15) is 9.65 Å². The van der Waals surface area contributed by atoms with Crippen molar-refractivity contribution in [1.82, 2.24) is 14.9 Å². The molecule has 0 radical (unpaired) electrons. The summed E-state index contributed by atoms with van der Waals surface area (Å²) in [6.45, 7) is 3.17. The number of H-pyrrole nitrogens is 1. The second-order valence-corrected chi connectivity index (χ2v) is 9.19. The molecule has 4 bridgehead atoms. The minimum Gasteiger partial charge on any atom is -0.492 e. The van der Waals surface area contributed by atoms with Crippen LogP contribution >= 0.6 is 0 Å². The van der Waals surface area contributed by atoms with Crippen LogP contribution < -0.4 is 4.74 Å². The molecule has 2 aliphatic heterocycles. The van der Waals surface area contributed by atoms with Crippen LogP contribution in [0.4, 0.5) is 4.39 Å². The van der Waals surface area contributed by atoms with Gasteiger partial charge in [-0.05, 0) is 62.5 Å². The number of halogens is 1. The molecule has 2 aromatic heterocycles. The fourth-order valence-corrected chi connectivity index (χ4v) is 6.30. The first-order chi connectivity index (χ1) is 13.5. The zero-order chi connectivity index (χ0) is 19.5. The molecule has 6 rings (SSSR count). The van der Waals surface area contributed by atoms with Crippen molar-refractivity contribution in [2.24, 2.45) is 11.3 Å². The maximum Gasteiger partial charge on any atom is 0.177 e. The Labute approximate surface area is 164 Å². The van der Waals surface area contributed by atoms with Gasteiger partial charge in [-0.1, -0.05) is 6.92 Å². The van der Waals surface area contributed by atoms with E-state index in [2.05, 4.69) is 27.9 Å². The summed E-state index contributed by atoms with van der Waals surface area (Å²) in [5.41, 5.74) is 1.49. The summed E-state index contributed by atoms with van der Waals surface area (Å²) in [7, 11) is 1.47. The van der Waals surface area contributed by atoms with E-state index in [1.807, 2.05) is 6.20 Å². The number of ether oxygens (including phenoxy) is 1. The third-order valence-electron chi connectivity index (χ3n) is 7.53. The number of aromatic amines is 1. The third-order valence-corrected chi connectivity index (χ3v) is 7.53. The molecule has 4 heterocycles. The maximum atomic E-state index is 14.8. The second kappa shape index (κ2) is 6.45. The number of nitriles is 1. The monoisotopic (exact) mass is 382 g/mol. The van der Waals surface area contributed by atoms with Gasteiger partial charge in [-0.15, -0.1) is 0 Å². The molecule has 6 heteroatoms. The lowest BCUT2D eigenvalue weighted by Crippen LogP contribution is -2.61. The van der Waals surface area contributed by atoms with E-state index in [4.69, 9.17) is 4.74 Å². The van der Waals surface area contributed by atoms with E-state index in [-0.39, 0.29) is 22.9 Å². The number of aromatic nitrogens is 2. The van der Waals surface area contributed by atoms with E-state index in [1.165, 1.54) is 26.1 Å². The quantitative estimate of drug-likeness (QED) is 0.834. The van der Waals surface area contributed by atoms with Gasteiger partial charge in [0.1, 0.15) is 5.65 Å². The highest BCUT2D eigenvalue weighted by molar-refractivity contribution is 5.82. The molecule has 0 spiro atoms. The van der Waals surface area contributed by atoms with Gasteiger partial charge in [-0.3, -0.25) is 4.90 Å². The van der Waals surface area contributed by atoms with Crippen LogP contribution in [0.15, 0.2) is 12.4 Å². The van der Waals surface area contributed by atoms with E-state index >= 15 is 0 Å². The molecule has 0 aromatic carbocycles. The highest BCUT2D eigenvalue weighted by atomic mass is 19.1. The smallest absolute Gasteiger partial charge is 0.177 e. The molecule has 0 amide bonds. The van der Waals surface area contributed by atoms with Crippen molar-refractivity contribution in [3.05, 3.63) is 23.8 Å². The van der Waals surface area contributed by atoms with Gasteiger partial charge in [0, 0.05) is 18.3 Å². The fourth-order valence-electron chi connectivity index (χ4n) is 6.30. The topological polar surface area (TPSA) is 64.9 Å². The summed E-state index contributed by atoms with van der Waals surface area (Å²) in [5.74, 6) is 0.819. The van der Waals surface area contributed by atoms with Crippen LogP contribution in [0, 0.1) is 28.5 Å². The first kappa shape index (κ1) is 17.9. The summed E-state index contributed by atoms with van der Waals surface area (Å²) >= 11 is 0. The minimum absolute atomic E-state index is 0.0548. The Morgan fingerprint density at radius 1 is 1.39 bits per heavy atom. The number of methoxy groups -OCH3 is 1. The first-order valence-electron chi connectivity index (χ1n) is 10.4. The lowest BCUT2D eigenvalue weighted by atomic mass is 9.56. The number of piperidine rings is 2. The number of pyridine rings is 1. The normalized spacial score (nSPS) is 32.6. The third kappa shape index (κ3) is 2.63. The van der Waals surface area contributed by atoms with Crippen LogP contribution in [0.5, 0.6) is 5.75 Å². The second-order valence-electron chi connectivity index (χ2n) is 9.19. The first-order valence-corrected chi connectivity index (χ1v) is 10.4. The summed E-state index contributed by atoms with van der Waals surface area (Å²) in [6.07, 6.45) is 9.97. The molecule has 28 heavy (non-hydrogen) atoms. The molecule has 148 valence electrons. The number of fused-ring (bicyclic) bond motifs is 1. The van der Waals surface area contributed by atoms with Crippen molar-refractivity contribution >= 4 is 11.0 Å². The van der Waals surface area contributed by atoms with Crippen LogP contribution in [-0.2, 0) is 0 Å². The Bertz CT molecular complexity index is 932. The minimum atomic E-state index is -0.332. The zero-order valence-electron chi connectivity index (χ0n) is 16.5. The van der Waals surface area contributed by atoms with Crippen molar-refractivity contribution in [3.8, 4) is 11.8 Å². The molecule has 3 atom stereocenters. The van der Waals surface area contributed by atoms with E-state index in [0.29, 0.717) is 23.1 Å². The molecule has 2 aliphatic carbocycles. The van der Waals surface area contributed by atoms with Crippen LogP contribution in [0.3, 0.4) is 0 Å². The fraction of sp³-hybridized carbons (Fsp3) is 0.636. The zero-order valence-corrected chi connectivity index (χ0v) is 16.5. The van der Waals surface area contributed by atoms with Gasteiger partial charge in [0.2, 0.25) is 0 Å². The van der Waals surface area contributed by atoms with Crippen LogP contribution in [0.25, 0.3) is 11.0 Å². The van der Waals surface area contributed by atoms with E-state index in [0.717, 1.165) is 43.7 Å². The molecular formula is C22H27FN4O. The lowest BCUT2D eigenvalue weighted by Gasteiger charge is -2.59. The average Bonchev–Trinajstić information content (AvgIpc) is 3.12. The molecule has 2 saturated heterocycles. The average molecular weight is 382 g/mol. The molecule has 2 aromatic rings. The molecule has 4 fully saturated rings. The van der Waals surface area contributed by atoms with Crippen molar-refractivity contribution < 1.29 is 9.13 Å². The summed E-state index contributed by atoms with van der Waals surface area (Å²) in [6, 6.07) is 3.77. The number of hydrogen-bond donors (Lipinski definition) is 1. The summed E-state index contributed by atoms with van der Waals surface area (Å²) in [4.78, 5) is 10.0. The molecule has 3 unspecified atom stereocenters. The molecule has 5 nitrogen and oxygen atoms in total. The Hall–Kier alpha value is -2.13. The van der Waals surface area contributed by atoms with Crippen molar-refractivity contribution in [2.45, 2.75) is 63.5 Å². The largest absolute Gasteiger partial charge is 0.492 e. The van der Waals surface area contributed by atoms with Gasteiger partial charge in [0.25, 0.3) is 0 Å². The van der Waals surface area contributed by atoms with E-state index in [1.54, 1.807) is 0 Å². The Balaban J connectivity index is 1.33. The predicted octanol–water partition coefficient (Wildman–Crippen LogP) is 4.36. The van der Waals surface area contributed by atoms with Gasteiger partial charge < -0.3 is 9.72 Å². The standard InChI is InChI=1S/C22H27FN4O/c1-13(17-10-25-21-19(17)20(23)18(28-2)11-26-21)3-4-27-15-5-14-6-16(27)9-22(7-14,8-15)12-24/h10-11,13-16H,3-9H2,1-2H3,(H,25,26). The number of hydrogen-bond acceptors (Lipinski definition) is 4. The SMILES string of the molecule is COc1cnc2[nH]cc(C(C)CCN3C4CC5CC3CC(C#N)(C5)C4)c2c1F. The van der Waals surface area contributed by atoms with Gasteiger partial charge in [-0.2, -0.15) is 5.26 Å². The van der Waals surface area contributed by atoms with Gasteiger partial charge in [-0.25, -0.2) is 9.37 Å². The molecular weight excluding hydrogens is 355 g/mol. The lowest BCUT2D eigenvalue weighted by molar-refractivity contribution is -0.0857. The Morgan fingerprint density at radius 3 is 2.82 bits per heavy atom. The maximum absolute atomic E-state index is 14.8. The van der Waals surface area contributed by atoms with Gasteiger partial charge in [0.15, 0.2) is 11.6 Å².